The van der Waals surface area contributed by atoms with Crippen LogP contribution in [0.2, 0.25) is 0 Å². The summed E-state index contributed by atoms with van der Waals surface area (Å²) in [5.74, 6) is 0.291. The van der Waals surface area contributed by atoms with Gasteiger partial charge in [-0.2, -0.15) is 0 Å². The van der Waals surface area contributed by atoms with Crippen molar-refractivity contribution in [3.8, 4) is 0 Å². The van der Waals surface area contributed by atoms with Crippen LogP contribution in [0.15, 0.2) is 18.2 Å². The topological polar surface area (TPSA) is 44.4 Å². The maximum absolute atomic E-state index is 14.1. The Morgan fingerprint density at radius 3 is 2.71 bits per heavy atom. The number of nitrogens with one attached hydrogen (secondary N) is 2. The molecule has 1 amide bonds. The van der Waals surface area contributed by atoms with Crippen LogP contribution in [0.25, 0.3) is 0 Å². The van der Waals surface area contributed by atoms with Crippen LogP contribution in [-0.4, -0.2) is 33.1 Å². The third kappa shape index (κ3) is 5.71. The van der Waals surface area contributed by atoms with Crippen LogP contribution < -0.4 is 15.5 Å². The van der Waals surface area contributed by atoms with Crippen LogP contribution in [0.3, 0.4) is 0 Å². The van der Waals surface area contributed by atoms with Gasteiger partial charge in [0.2, 0.25) is 5.91 Å². The van der Waals surface area contributed by atoms with E-state index in [2.05, 4.69) is 24.5 Å². The summed E-state index contributed by atoms with van der Waals surface area (Å²) in [5.41, 5.74) is 1.48. The molecular weight excluding hydrogens is 269 g/mol. The van der Waals surface area contributed by atoms with E-state index < -0.39 is 0 Å². The van der Waals surface area contributed by atoms with Crippen molar-refractivity contribution in [2.75, 3.05) is 32.1 Å². The Balaban J connectivity index is 2.75. The first-order valence-corrected chi connectivity index (χ1v) is 7.35. The summed E-state index contributed by atoms with van der Waals surface area (Å²) in [6.45, 7) is 6.12. The van der Waals surface area contributed by atoms with E-state index in [1.807, 2.05) is 18.0 Å². The number of hydrogen-bond acceptors (Lipinski definition) is 3. The maximum Gasteiger partial charge on any atom is 0.221 e. The molecule has 5 heteroatoms. The second-order valence-electron chi connectivity index (χ2n) is 5.61. The zero-order valence-electron chi connectivity index (χ0n) is 13.4. The summed E-state index contributed by atoms with van der Waals surface area (Å²) in [6, 6.07) is 5.06. The molecule has 21 heavy (non-hydrogen) atoms. The van der Waals surface area contributed by atoms with Gasteiger partial charge in [0.25, 0.3) is 0 Å². The molecule has 0 aliphatic rings. The lowest BCUT2D eigenvalue weighted by Crippen LogP contribution is -2.28. The van der Waals surface area contributed by atoms with Crippen LogP contribution in [0.4, 0.5) is 10.1 Å². The minimum absolute atomic E-state index is 0.0160. The molecule has 2 N–H and O–H groups in total. The predicted molar refractivity (Wildman–Crippen MR) is 84.9 cm³/mol. The molecule has 0 aliphatic heterocycles. The fourth-order valence-corrected chi connectivity index (χ4v) is 2.08. The fraction of sp³-hybridized carbons (Fsp3) is 0.562. The minimum atomic E-state index is -0.212. The van der Waals surface area contributed by atoms with Crippen molar-refractivity contribution in [2.45, 2.75) is 26.8 Å². The van der Waals surface area contributed by atoms with Gasteiger partial charge in [0.15, 0.2) is 0 Å². The number of hydrogen-bond donors (Lipinski definition) is 2. The molecule has 4 nitrogen and oxygen atoms in total. The van der Waals surface area contributed by atoms with Gasteiger partial charge in [-0.25, -0.2) is 4.39 Å². The van der Waals surface area contributed by atoms with Crippen molar-refractivity contribution in [1.29, 1.82) is 0 Å². The molecule has 118 valence electrons. The Labute approximate surface area is 126 Å². The first-order valence-electron chi connectivity index (χ1n) is 7.35. The largest absolute Gasteiger partial charge is 0.374 e. The lowest BCUT2D eigenvalue weighted by atomic mass is 10.1. The van der Waals surface area contributed by atoms with E-state index in [0.29, 0.717) is 31.0 Å². The molecule has 1 aromatic rings. The highest BCUT2D eigenvalue weighted by molar-refractivity contribution is 5.76. The third-order valence-electron chi connectivity index (χ3n) is 3.31. The molecule has 0 aromatic heterocycles. The highest BCUT2D eigenvalue weighted by Crippen LogP contribution is 2.22. The monoisotopic (exact) mass is 295 g/mol. The number of anilines is 1. The van der Waals surface area contributed by atoms with Crippen molar-refractivity contribution in [3.05, 3.63) is 29.6 Å². The number of carbonyl (C=O) groups is 1. The minimum Gasteiger partial charge on any atom is -0.374 e. The van der Waals surface area contributed by atoms with Gasteiger partial charge in [0, 0.05) is 44.9 Å². The van der Waals surface area contributed by atoms with Crippen molar-refractivity contribution in [3.63, 3.8) is 0 Å². The van der Waals surface area contributed by atoms with Crippen molar-refractivity contribution in [2.24, 2.45) is 5.92 Å². The van der Waals surface area contributed by atoms with E-state index in [9.17, 15) is 9.18 Å². The standard InChI is InChI=1S/C16H26FN3O/c1-12(2)10-19-11-13-14(17)6-5-7-15(13)20(4)9-8-16(21)18-3/h5-7,12,19H,8-11H2,1-4H3,(H,18,21). The molecule has 0 radical (unpaired) electrons. The Hall–Kier alpha value is -1.62. The summed E-state index contributed by atoms with van der Waals surface area (Å²) in [7, 11) is 3.50. The maximum atomic E-state index is 14.1. The van der Waals surface area contributed by atoms with Crippen LogP contribution in [0, 0.1) is 11.7 Å². The summed E-state index contributed by atoms with van der Waals surface area (Å²) in [5, 5.41) is 5.86. The number of rotatable bonds is 8. The number of carbonyl (C=O) groups excluding carboxylic acids is 1. The van der Waals surface area contributed by atoms with Gasteiger partial charge in [-0.1, -0.05) is 19.9 Å². The molecule has 0 saturated carbocycles. The highest BCUT2D eigenvalue weighted by Gasteiger charge is 2.12. The van der Waals surface area contributed by atoms with Crippen LogP contribution >= 0.6 is 0 Å². The number of halogens is 1. The van der Waals surface area contributed by atoms with E-state index in [4.69, 9.17) is 0 Å². The van der Waals surface area contributed by atoms with Crippen LogP contribution in [0.5, 0.6) is 0 Å². The number of nitrogens with zero attached hydrogens (tertiary/aromatic N) is 1. The first-order chi connectivity index (χ1) is 9.95. The Bertz CT molecular complexity index is 463. The second-order valence-corrected chi connectivity index (χ2v) is 5.61. The van der Waals surface area contributed by atoms with Gasteiger partial charge in [-0.05, 0) is 24.6 Å². The van der Waals surface area contributed by atoms with Gasteiger partial charge in [0.1, 0.15) is 5.82 Å². The molecule has 1 aromatic carbocycles. The molecule has 0 aliphatic carbocycles. The number of amides is 1. The van der Waals surface area contributed by atoms with E-state index in [0.717, 1.165) is 12.2 Å². The summed E-state index contributed by atoms with van der Waals surface area (Å²) >= 11 is 0. The van der Waals surface area contributed by atoms with Crippen LogP contribution in [-0.2, 0) is 11.3 Å². The van der Waals surface area contributed by atoms with Gasteiger partial charge >= 0.3 is 0 Å². The van der Waals surface area contributed by atoms with Gasteiger partial charge in [0.05, 0.1) is 0 Å². The molecule has 0 bridgehead atoms. The highest BCUT2D eigenvalue weighted by atomic mass is 19.1. The normalized spacial score (nSPS) is 10.8. The Morgan fingerprint density at radius 2 is 2.10 bits per heavy atom. The Kier molecular flexibility index (Phi) is 7.15. The van der Waals surface area contributed by atoms with Crippen molar-refractivity contribution in [1.82, 2.24) is 10.6 Å². The SMILES string of the molecule is CNC(=O)CCN(C)c1cccc(F)c1CNCC(C)C. The molecule has 0 atom stereocenters. The molecule has 0 heterocycles. The third-order valence-corrected chi connectivity index (χ3v) is 3.31. The first kappa shape index (κ1) is 17.4. The molecular formula is C16H26FN3O. The van der Waals surface area contributed by atoms with Gasteiger partial charge in [-0.15, -0.1) is 0 Å². The van der Waals surface area contributed by atoms with E-state index in [1.165, 1.54) is 6.07 Å². The lowest BCUT2D eigenvalue weighted by Gasteiger charge is -2.23. The van der Waals surface area contributed by atoms with Gasteiger partial charge < -0.3 is 15.5 Å². The smallest absolute Gasteiger partial charge is 0.221 e. The lowest BCUT2D eigenvalue weighted by molar-refractivity contribution is -0.120. The van der Waals surface area contributed by atoms with Crippen molar-refractivity contribution < 1.29 is 9.18 Å². The summed E-state index contributed by atoms with van der Waals surface area (Å²) in [6.07, 6.45) is 0.391. The van der Waals surface area contributed by atoms with E-state index >= 15 is 0 Å². The average molecular weight is 295 g/mol. The number of benzene rings is 1. The quantitative estimate of drug-likeness (QED) is 0.772. The van der Waals surface area contributed by atoms with E-state index in [-0.39, 0.29) is 11.7 Å². The molecule has 0 saturated heterocycles. The van der Waals surface area contributed by atoms with Crippen molar-refractivity contribution >= 4 is 11.6 Å². The second kappa shape index (κ2) is 8.62. The van der Waals surface area contributed by atoms with E-state index in [1.54, 1.807) is 13.1 Å². The predicted octanol–water partition coefficient (Wildman–Crippen LogP) is 2.14. The zero-order valence-corrected chi connectivity index (χ0v) is 13.4. The molecule has 0 fully saturated rings. The van der Waals surface area contributed by atoms with Crippen LogP contribution in [0.1, 0.15) is 25.8 Å². The fourth-order valence-electron chi connectivity index (χ4n) is 2.08. The van der Waals surface area contributed by atoms with Gasteiger partial charge in [-0.3, -0.25) is 4.79 Å². The Morgan fingerprint density at radius 1 is 1.38 bits per heavy atom. The molecule has 1 rings (SSSR count). The molecule has 0 spiro atoms. The average Bonchev–Trinajstić information content (AvgIpc) is 2.45. The molecule has 0 unspecified atom stereocenters. The zero-order chi connectivity index (χ0) is 15.8. The summed E-state index contributed by atoms with van der Waals surface area (Å²) < 4.78 is 14.1. The summed E-state index contributed by atoms with van der Waals surface area (Å²) in [4.78, 5) is 13.2.